The average Bonchev–Trinajstić information content (AvgIpc) is 2.68. The molecule has 112 valence electrons. The van der Waals surface area contributed by atoms with Crippen LogP contribution in [0.25, 0.3) is 0 Å². The molecule has 20 heavy (non-hydrogen) atoms. The van der Waals surface area contributed by atoms with Crippen molar-refractivity contribution in [3.63, 3.8) is 0 Å². The molecule has 1 unspecified atom stereocenters. The molecule has 0 saturated heterocycles. The van der Waals surface area contributed by atoms with E-state index in [0.29, 0.717) is 6.42 Å². The van der Waals surface area contributed by atoms with Gasteiger partial charge in [-0.15, -0.1) is 10.2 Å². The molecule has 1 atom stereocenters. The Bertz CT molecular complexity index is 443. The number of carbonyl (C=O) groups is 1. The summed E-state index contributed by atoms with van der Waals surface area (Å²) in [7, 11) is 1.89. The summed E-state index contributed by atoms with van der Waals surface area (Å²) in [6, 6.07) is -0.0727. The molecule has 2 rings (SSSR count). The normalized spacial score (nSPS) is 16.3. The Kier molecular flexibility index (Phi) is 5.52. The van der Waals surface area contributed by atoms with Crippen molar-refractivity contribution >= 4 is 5.91 Å². The lowest BCUT2D eigenvalue weighted by molar-refractivity contribution is -0.121. The minimum Gasteiger partial charge on any atom is -0.346 e. The van der Waals surface area contributed by atoms with Crippen molar-refractivity contribution in [2.45, 2.75) is 58.0 Å². The molecular formula is C14H25N5O. The predicted octanol–water partition coefficient (Wildman–Crippen LogP) is 1.18. The zero-order valence-corrected chi connectivity index (χ0v) is 12.5. The molecule has 0 saturated carbocycles. The van der Waals surface area contributed by atoms with Gasteiger partial charge in [-0.2, -0.15) is 0 Å². The zero-order chi connectivity index (χ0) is 14.4. The lowest BCUT2D eigenvalue weighted by Gasteiger charge is -2.15. The Labute approximate surface area is 120 Å². The van der Waals surface area contributed by atoms with E-state index < -0.39 is 0 Å². The fraction of sp³-hybridized carbons (Fsp3) is 0.786. The Morgan fingerprint density at radius 1 is 1.35 bits per heavy atom. The fourth-order valence-corrected chi connectivity index (χ4v) is 2.63. The van der Waals surface area contributed by atoms with Crippen molar-refractivity contribution in [3.8, 4) is 0 Å². The van der Waals surface area contributed by atoms with Crippen molar-refractivity contribution in [2.24, 2.45) is 0 Å². The van der Waals surface area contributed by atoms with Crippen LogP contribution in [0.3, 0.4) is 0 Å². The van der Waals surface area contributed by atoms with Crippen LogP contribution < -0.4 is 10.6 Å². The summed E-state index contributed by atoms with van der Waals surface area (Å²) in [6.07, 6.45) is 5.99. The highest BCUT2D eigenvalue weighted by Gasteiger charge is 2.20. The van der Waals surface area contributed by atoms with Crippen LogP contribution >= 0.6 is 0 Å². The Morgan fingerprint density at radius 3 is 3.00 bits per heavy atom. The summed E-state index contributed by atoms with van der Waals surface area (Å²) >= 11 is 0. The zero-order valence-electron chi connectivity index (χ0n) is 12.5. The number of amides is 1. The molecule has 1 aromatic heterocycles. The third-order valence-electron chi connectivity index (χ3n) is 3.73. The average molecular weight is 279 g/mol. The molecule has 0 bridgehead atoms. The van der Waals surface area contributed by atoms with Gasteiger partial charge in [0, 0.05) is 19.4 Å². The molecule has 1 aliphatic rings. The molecular weight excluding hydrogens is 254 g/mol. The maximum Gasteiger partial charge on any atom is 0.220 e. The number of nitrogens with zero attached hydrogens (tertiary/aromatic N) is 3. The van der Waals surface area contributed by atoms with Crippen molar-refractivity contribution in [2.75, 3.05) is 13.6 Å². The van der Waals surface area contributed by atoms with Gasteiger partial charge in [0.05, 0.1) is 6.04 Å². The first-order chi connectivity index (χ1) is 9.72. The quantitative estimate of drug-likeness (QED) is 0.767. The summed E-state index contributed by atoms with van der Waals surface area (Å²) in [5.41, 5.74) is 0. The van der Waals surface area contributed by atoms with E-state index >= 15 is 0 Å². The lowest BCUT2D eigenvalue weighted by atomic mass is 10.2. The first-order valence-corrected chi connectivity index (χ1v) is 7.58. The van der Waals surface area contributed by atoms with Crippen LogP contribution in [0.5, 0.6) is 0 Å². The number of rotatable bonds is 6. The van der Waals surface area contributed by atoms with E-state index in [0.717, 1.165) is 37.6 Å². The predicted molar refractivity (Wildman–Crippen MR) is 77.3 cm³/mol. The number of fused-ring (bicyclic) bond motifs is 1. The van der Waals surface area contributed by atoms with E-state index in [1.165, 1.54) is 19.3 Å². The third kappa shape index (κ3) is 3.79. The monoisotopic (exact) mass is 279 g/mol. The van der Waals surface area contributed by atoms with Gasteiger partial charge in [0.2, 0.25) is 5.91 Å². The molecule has 0 fully saturated rings. The van der Waals surface area contributed by atoms with Crippen LogP contribution in [0, 0.1) is 0 Å². The molecule has 1 aromatic rings. The van der Waals surface area contributed by atoms with Crippen LogP contribution in [0.4, 0.5) is 0 Å². The Balaban J connectivity index is 1.94. The second kappa shape index (κ2) is 7.38. The van der Waals surface area contributed by atoms with Gasteiger partial charge >= 0.3 is 0 Å². The van der Waals surface area contributed by atoms with Crippen LogP contribution in [0.1, 0.15) is 56.7 Å². The molecule has 1 aliphatic heterocycles. The first-order valence-electron chi connectivity index (χ1n) is 7.58. The van der Waals surface area contributed by atoms with Gasteiger partial charge in [0.1, 0.15) is 5.82 Å². The number of carbonyl (C=O) groups excluding carboxylic acids is 1. The first kappa shape index (κ1) is 15.0. The van der Waals surface area contributed by atoms with Gasteiger partial charge < -0.3 is 15.2 Å². The largest absolute Gasteiger partial charge is 0.346 e. The van der Waals surface area contributed by atoms with Gasteiger partial charge in [-0.25, -0.2) is 0 Å². The number of hydrogen-bond donors (Lipinski definition) is 2. The molecule has 0 radical (unpaired) electrons. The van der Waals surface area contributed by atoms with Crippen LogP contribution in [-0.2, 0) is 17.8 Å². The lowest BCUT2D eigenvalue weighted by Crippen LogP contribution is -2.29. The smallest absolute Gasteiger partial charge is 0.220 e. The number of aryl methyl sites for hydroxylation is 1. The second-order valence-corrected chi connectivity index (χ2v) is 5.43. The highest BCUT2D eigenvalue weighted by Crippen LogP contribution is 2.18. The number of nitrogens with one attached hydrogen (secondary N) is 2. The van der Waals surface area contributed by atoms with Crippen LogP contribution in [-0.4, -0.2) is 34.3 Å². The van der Waals surface area contributed by atoms with Gasteiger partial charge in [-0.05, 0) is 39.8 Å². The Morgan fingerprint density at radius 2 is 2.20 bits per heavy atom. The van der Waals surface area contributed by atoms with Gasteiger partial charge in [-0.3, -0.25) is 4.79 Å². The number of hydrogen-bond acceptors (Lipinski definition) is 4. The van der Waals surface area contributed by atoms with E-state index in [9.17, 15) is 4.79 Å². The van der Waals surface area contributed by atoms with Crippen LogP contribution in [0.15, 0.2) is 0 Å². The summed E-state index contributed by atoms with van der Waals surface area (Å²) in [5.74, 6) is 2.04. The standard InChI is InChI=1S/C14H25N5O/c1-11(16-13(20)8-6-9-15-2)14-18-17-12-7-4-3-5-10-19(12)14/h11,15H,3-10H2,1-2H3,(H,16,20). The molecule has 2 N–H and O–H groups in total. The van der Waals surface area contributed by atoms with Crippen LogP contribution in [0.2, 0.25) is 0 Å². The number of aromatic nitrogens is 3. The summed E-state index contributed by atoms with van der Waals surface area (Å²) < 4.78 is 2.19. The molecule has 0 aromatic carbocycles. The van der Waals surface area contributed by atoms with Gasteiger partial charge in [0.25, 0.3) is 0 Å². The summed E-state index contributed by atoms with van der Waals surface area (Å²) in [5, 5.41) is 14.6. The molecule has 1 amide bonds. The van der Waals surface area contributed by atoms with Gasteiger partial charge in [0.15, 0.2) is 5.82 Å². The SMILES string of the molecule is CNCCCC(=O)NC(C)c1nnc2n1CCCCC2. The molecule has 6 nitrogen and oxygen atoms in total. The Hall–Kier alpha value is -1.43. The summed E-state index contributed by atoms with van der Waals surface area (Å²) in [4.78, 5) is 11.9. The van der Waals surface area contributed by atoms with E-state index in [2.05, 4.69) is 25.4 Å². The maximum absolute atomic E-state index is 11.9. The second-order valence-electron chi connectivity index (χ2n) is 5.43. The fourth-order valence-electron chi connectivity index (χ4n) is 2.63. The topological polar surface area (TPSA) is 71.8 Å². The highest BCUT2D eigenvalue weighted by atomic mass is 16.1. The molecule has 6 heteroatoms. The summed E-state index contributed by atoms with van der Waals surface area (Å²) in [6.45, 7) is 3.82. The molecule has 0 aliphatic carbocycles. The maximum atomic E-state index is 11.9. The minimum atomic E-state index is -0.0727. The van der Waals surface area contributed by atoms with Crippen molar-refractivity contribution in [1.29, 1.82) is 0 Å². The molecule has 0 spiro atoms. The van der Waals surface area contributed by atoms with E-state index in [-0.39, 0.29) is 11.9 Å². The van der Waals surface area contributed by atoms with Gasteiger partial charge in [-0.1, -0.05) is 6.42 Å². The van der Waals surface area contributed by atoms with E-state index in [1.807, 2.05) is 14.0 Å². The van der Waals surface area contributed by atoms with Crippen molar-refractivity contribution in [1.82, 2.24) is 25.4 Å². The highest BCUT2D eigenvalue weighted by molar-refractivity contribution is 5.76. The minimum absolute atomic E-state index is 0.0727. The third-order valence-corrected chi connectivity index (χ3v) is 3.73. The van der Waals surface area contributed by atoms with E-state index in [4.69, 9.17) is 0 Å². The van der Waals surface area contributed by atoms with Crippen molar-refractivity contribution in [3.05, 3.63) is 11.6 Å². The molecule has 2 heterocycles. The van der Waals surface area contributed by atoms with Crippen molar-refractivity contribution < 1.29 is 4.79 Å². The van der Waals surface area contributed by atoms with E-state index in [1.54, 1.807) is 0 Å².